The van der Waals surface area contributed by atoms with E-state index >= 15 is 0 Å². The van der Waals surface area contributed by atoms with E-state index in [2.05, 4.69) is 47.1 Å². The van der Waals surface area contributed by atoms with Crippen molar-refractivity contribution < 1.29 is 4.79 Å². The van der Waals surface area contributed by atoms with Crippen molar-refractivity contribution in [2.45, 2.75) is 6.54 Å². The highest BCUT2D eigenvalue weighted by Crippen LogP contribution is 2.27. The quantitative estimate of drug-likeness (QED) is 0.628. The maximum absolute atomic E-state index is 11.6. The molecule has 0 radical (unpaired) electrons. The fourth-order valence-corrected chi connectivity index (χ4v) is 2.16. The molecule has 0 saturated heterocycles. The van der Waals surface area contributed by atoms with E-state index in [1.165, 1.54) is 0 Å². The molecule has 0 saturated carbocycles. The van der Waals surface area contributed by atoms with Gasteiger partial charge in [-0.15, -0.1) is 0 Å². The Kier molecular flexibility index (Phi) is 3.73. The minimum absolute atomic E-state index is 0.0526. The second-order valence-corrected chi connectivity index (χ2v) is 3.58. The minimum atomic E-state index is 0.0526. The van der Waals surface area contributed by atoms with Gasteiger partial charge in [0.15, 0.2) is 0 Å². The molecule has 1 N–H and O–H groups in total. The van der Waals surface area contributed by atoms with Gasteiger partial charge < -0.3 is 9.88 Å². The number of benzene rings is 1. The summed E-state index contributed by atoms with van der Waals surface area (Å²) in [6.45, 7) is 0.652. The molecule has 16 heavy (non-hydrogen) atoms. The summed E-state index contributed by atoms with van der Waals surface area (Å²) in [5.41, 5.74) is 3.08. The van der Waals surface area contributed by atoms with E-state index in [0.29, 0.717) is 6.54 Å². The van der Waals surface area contributed by atoms with Gasteiger partial charge >= 0.3 is 0 Å². The van der Waals surface area contributed by atoms with Crippen molar-refractivity contribution in [1.29, 1.82) is 0 Å². The first-order valence-corrected chi connectivity index (χ1v) is 11.1. The second kappa shape index (κ2) is 4.91. The topological polar surface area (TPSA) is 34.0 Å². The van der Waals surface area contributed by atoms with E-state index < -0.39 is 0 Å². The number of aryl methyl sites for hydroxylation is 1. The Balaban J connectivity index is 0.000000457. The number of halogens is 2. The lowest BCUT2D eigenvalue weighted by Crippen LogP contribution is -2.13. The van der Waals surface area contributed by atoms with Crippen LogP contribution >= 0.6 is 37.2 Å². The monoisotopic (exact) mass is 440 g/mol. The third-order valence-corrected chi connectivity index (χ3v) is 2.87. The fraction of sp³-hybridized carbons (Fsp3) is 0.182. The molecule has 1 aromatic carbocycles. The molecule has 3 nitrogen and oxygen atoms in total. The summed E-state index contributed by atoms with van der Waals surface area (Å²) in [4.78, 5) is 11.6. The SMILES string of the molecule is Cn1c2c(c3ccccc31)C(=O)NC2.II. The summed E-state index contributed by atoms with van der Waals surface area (Å²) in [5.74, 6) is 0.0526. The van der Waals surface area contributed by atoms with Crippen molar-refractivity contribution in [2.75, 3.05) is 0 Å². The summed E-state index contributed by atoms with van der Waals surface area (Å²) in [7, 11) is 2.00. The molecule has 5 heteroatoms. The molecule has 1 aliphatic heterocycles. The zero-order chi connectivity index (χ0) is 11.7. The lowest BCUT2D eigenvalue weighted by molar-refractivity contribution is 0.0967. The van der Waals surface area contributed by atoms with Gasteiger partial charge in [-0.1, -0.05) is 18.2 Å². The average molecular weight is 440 g/mol. The molecule has 2 aromatic rings. The van der Waals surface area contributed by atoms with Crippen LogP contribution in [0, 0.1) is 0 Å². The second-order valence-electron chi connectivity index (χ2n) is 3.58. The maximum atomic E-state index is 11.6. The van der Waals surface area contributed by atoms with Crippen LogP contribution in [0.2, 0.25) is 0 Å². The Morgan fingerprint density at radius 1 is 1.31 bits per heavy atom. The number of para-hydroxylation sites is 1. The molecule has 0 bridgehead atoms. The van der Waals surface area contributed by atoms with Crippen LogP contribution in [-0.2, 0) is 13.6 Å². The number of rotatable bonds is 0. The molecular formula is C11H10I2N2O. The van der Waals surface area contributed by atoms with Gasteiger partial charge in [0.2, 0.25) is 0 Å². The number of nitrogens with one attached hydrogen (secondary N) is 1. The third-order valence-electron chi connectivity index (χ3n) is 2.87. The van der Waals surface area contributed by atoms with Gasteiger partial charge in [-0.2, -0.15) is 0 Å². The van der Waals surface area contributed by atoms with Gasteiger partial charge in [0.05, 0.1) is 17.8 Å². The first kappa shape index (κ1) is 12.2. The summed E-state index contributed by atoms with van der Waals surface area (Å²) < 4.78 is 2.09. The van der Waals surface area contributed by atoms with Gasteiger partial charge in [-0.25, -0.2) is 0 Å². The van der Waals surface area contributed by atoms with Crippen molar-refractivity contribution in [3.63, 3.8) is 0 Å². The molecule has 0 spiro atoms. The highest BCUT2D eigenvalue weighted by Gasteiger charge is 2.25. The van der Waals surface area contributed by atoms with Crippen molar-refractivity contribution in [3.8, 4) is 0 Å². The van der Waals surface area contributed by atoms with Crippen LogP contribution in [0.25, 0.3) is 10.9 Å². The highest BCUT2D eigenvalue weighted by atomic mass is 128. The Bertz CT molecular complexity index is 548. The zero-order valence-electron chi connectivity index (χ0n) is 8.63. The normalized spacial score (nSPS) is 13.1. The van der Waals surface area contributed by atoms with Crippen LogP contribution < -0.4 is 5.32 Å². The number of carbonyl (C=O) groups excluding carboxylic acids is 1. The largest absolute Gasteiger partial charge is 0.346 e. The highest BCUT2D eigenvalue weighted by molar-refractivity contribution is 15.0. The molecule has 0 aliphatic carbocycles. The van der Waals surface area contributed by atoms with Crippen LogP contribution in [0.4, 0.5) is 0 Å². The minimum Gasteiger partial charge on any atom is -0.346 e. The van der Waals surface area contributed by atoms with E-state index in [1.54, 1.807) is 0 Å². The molecule has 1 aliphatic rings. The summed E-state index contributed by atoms with van der Waals surface area (Å²) in [5, 5.41) is 3.89. The van der Waals surface area contributed by atoms with Crippen molar-refractivity contribution in [3.05, 3.63) is 35.5 Å². The van der Waals surface area contributed by atoms with E-state index in [-0.39, 0.29) is 5.91 Å². The van der Waals surface area contributed by atoms with Crippen LogP contribution in [-0.4, -0.2) is 10.5 Å². The van der Waals surface area contributed by atoms with Gasteiger partial charge in [-0.05, 0) is 6.07 Å². The molecule has 0 fully saturated rings. The fourth-order valence-electron chi connectivity index (χ4n) is 2.16. The molecule has 1 aromatic heterocycles. The van der Waals surface area contributed by atoms with Gasteiger partial charge in [0.25, 0.3) is 5.91 Å². The molecule has 0 unspecified atom stereocenters. The number of nitrogens with zero attached hydrogens (tertiary/aromatic N) is 1. The molecule has 0 atom stereocenters. The Morgan fingerprint density at radius 2 is 2.00 bits per heavy atom. The first-order valence-electron chi connectivity index (χ1n) is 4.78. The number of hydrogen-bond donors (Lipinski definition) is 1. The van der Waals surface area contributed by atoms with E-state index in [1.807, 2.05) is 31.3 Å². The van der Waals surface area contributed by atoms with E-state index in [0.717, 1.165) is 22.2 Å². The summed E-state index contributed by atoms with van der Waals surface area (Å²) >= 11 is 4.24. The lowest BCUT2D eigenvalue weighted by Gasteiger charge is -1.99. The molecule has 1 amide bonds. The number of carbonyl (C=O) groups is 1. The van der Waals surface area contributed by atoms with Crippen molar-refractivity contribution >= 4 is 54.0 Å². The van der Waals surface area contributed by atoms with Gasteiger partial charge in [0.1, 0.15) is 0 Å². The molecule has 84 valence electrons. The van der Waals surface area contributed by atoms with Crippen molar-refractivity contribution in [2.24, 2.45) is 7.05 Å². The van der Waals surface area contributed by atoms with E-state index in [9.17, 15) is 4.79 Å². The standard InChI is InChI=1S/C11H10N2O.I2/c1-13-8-5-3-2-4-7(8)10-9(13)6-12-11(10)14;1-2/h2-5H,6H2,1H3,(H,12,14);. The Hall–Kier alpha value is -0.310. The van der Waals surface area contributed by atoms with Crippen LogP contribution in [0.3, 0.4) is 0 Å². The van der Waals surface area contributed by atoms with Crippen LogP contribution in [0.15, 0.2) is 24.3 Å². The van der Waals surface area contributed by atoms with Crippen LogP contribution in [0.1, 0.15) is 16.1 Å². The first-order chi connectivity index (χ1) is 7.79. The number of fused-ring (bicyclic) bond motifs is 3. The average Bonchev–Trinajstić information content (AvgIpc) is 2.84. The Labute approximate surface area is 117 Å². The predicted octanol–water partition coefficient (Wildman–Crippen LogP) is 3.19. The maximum Gasteiger partial charge on any atom is 0.254 e. The smallest absolute Gasteiger partial charge is 0.254 e. The molecule has 3 rings (SSSR count). The summed E-state index contributed by atoms with van der Waals surface area (Å²) in [6.07, 6.45) is 0. The van der Waals surface area contributed by atoms with E-state index in [4.69, 9.17) is 0 Å². The van der Waals surface area contributed by atoms with Crippen LogP contribution in [0.5, 0.6) is 0 Å². The Morgan fingerprint density at radius 3 is 2.75 bits per heavy atom. The predicted molar refractivity (Wildman–Crippen MR) is 82.1 cm³/mol. The number of hydrogen-bond acceptors (Lipinski definition) is 1. The molecule has 2 heterocycles. The van der Waals surface area contributed by atoms with Gasteiger partial charge in [-0.3, -0.25) is 4.79 Å². The number of aromatic nitrogens is 1. The zero-order valence-corrected chi connectivity index (χ0v) is 12.9. The number of amides is 1. The molecular weight excluding hydrogens is 430 g/mol. The van der Waals surface area contributed by atoms with Crippen molar-refractivity contribution in [1.82, 2.24) is 9.88 Å². The summed E-state index contributed by atoms with van der Waals surface area (Å²) in [6, 6.07) is 8.00. The van der Waals surface area contributed by atoms with Gasteiger partial charge in [0, 0.05) is 55.2 Å². The third kappa shape index (κ3) is 1.73. The lowest BCUT2D eigenvalue weighted by atomic mass is 10.1.